The Bertz CT molecular complexity index is 1270. The summed E-state index contributed by atoms with van der Waals surface area (Å²) in [4.78, 5) is 13.6. The van der Waals surface area contributed by atoms with Crippen LogP contribution in [0.1, 0.15) is 25.3 Å². The van der Waals surface area contributed by atoms with E-state index in [0.717, 1.165) is 27.3 Å². The number of hydrogen-bond acceptors (Lipinski definition) is 7. The van der Waals surface area contributed by atoms with Gasteiger partial charge in [-0.3, -0.25) is 0 Å². The summed E-state index contributed by atoms with van der Waals surface area (Å²) in [6.45, 7) is 5.99. The molecule has 0 spiro atoms. The Hall–Kier alpha value is -3.40. The van der Waals surface area contributed by atoms with Crippen molar-refractivity contribution < 1.29 is 17.9 Å². The number of nitrogens with one attached hydrogen (secondary N) is 2. The van der Waals surface area contributed by atoms with Gasteiger partial charge in [0, 0.05) is 23.4 Å². The normalized spacial score (nSPS) is 12.5. The summed E-state index contributed by atoms with van der Waals surface area (Å²) < 4.78 is 43.2. The van der Waals surface area contributed by atoms with E-state index in [2.05, 4.69) is 30.3 Å². The standard InChI is InChI=1S/C23H22F3N5OS/c1-4-13(2)27-22-30-18(15-6-5-7-17(10-15)32-23(24,25)26)12-21(31-22)29-16-8-9-20-19(11-16)28-14(3)33-20/h5-13H,4H2,1-3H3,(H2,27,29,30,31)/t13-/m1/s1. The number of alkyl halides is 3. The van der Waals surface area contributed by atoms with Gasteiger partial charge < -0.3 is 15.4 Å². The molecule has 0 saturated heterocycles. The lowest BCUT2D eigenvalue weighted by molar-refractivity contribution is -0.274. The smallest absolute Gasteiger partial charge is 0.406 e. The van der Waals surface area contributed by atoms with Gasteiger partial charge in [0.05, 0.1) is 20.9 Å². The minimum Gasteiger partial charge on any atom is -0.406 e. The highest BCUT2D eigenvalue weighted by atomic mass is 32.1. The summed E-state index contributed by atoms with van der Waals surface area (Å²) in [5, 5.41) is 7.47. The largest absolute Gasteiger partial charge is 0.573 e. The summed E-state index contributed by atoms with van der Waals surface area (Å²) in [7, 11) is 0. The van der Waals surface area contributed by atoms with Crippen molar-refractivity contribution in [2.45, 2.75) is 39.6 Å². The highest BCUT2D eigenvalue weighted by molar-refractivity contribution is 7.18. The molecule has 1 atom stereocenters. The van der Waals surface area contributed by atoms with Crippen LogP contribution in [0.4, 0.5) is 30.6 Å². The summed E-state index contributed by atoms with van der Waals surface area (Å²) in [6, 6.07) is 13.4. The first-order valence-corrected chi connectivity index (χ1v) is 11.2. The topological polar surface area (TPSA) is 72.0 Å². The zero-order valence-electron chi connectivity index (χ0n) is 18.2. The maximum absolute atomic E-state index is 12.7. The number of anilines is 3. The zero-order chi connectivity index (χ0) is 23.6. The van der Waals surface area contributed by atoms with Crippen molar-refractivity contribution in [1.29, 1.82) is 0 Å². The Morgan fingerprint density at radius 2 is 1.88 bits per heavy atom. The number of hydrogen-bond donors (Lipinski definition) is 2. The predicted molar refractivity (Wildman–Crippen MR) is 125 cm³/mol. The van der Waals surface area contributed by atoms with Gasteiger partial charge in [-0.05, 0) is 50.6 Å². The van der Waals surface area contributed by atoms with Gasteiger partial charge in [-0.2, -0.15) is 4.98 Å². The van der Waals surface area contributed by atoms with Crippen molar-refractivity contribution in [1.82, 2.24) is 15.0 Å². The molecule has 2 aromatic heterocycles. The molecule has 0 unspecified atom stereocenters. The molecule has 4 aromatic rings. The molecular formula is C23H22F3N5OS. The van der Waals surface area contributed by atoms with Crippen LogP contribution in [0.5, 0.6) is 5.75 Å². The number of fused-ring (bicyclic) bond motifs is 1. The zero-order valence-corrected chi connectivity index (χ0v) is 19.0. The number of aryl methyl sites for hydroxylation is 1. The van der Waals surface area contributed by atoms with E-state index in [1.165, 1.54) is 18.2 Å². The molecule has 2 N–H and O–H groups in total. The summed E-state index contributed by atoms with van der Waals surface area (Å²) >= 11 is 1.62. The lowest BCUT2D eigenvalue weighted by Crippen LogP contribution is -2.17. The Morgan fingerprint density at radius 1 is 1.06 bits per heavy atom. The average Bonchev–Trinajstić information content (AvgIpc) is 3.11. The molecule has 2 aromatic carbocycles. The van der Waals surface area contributed by atoms with Gasteiger partial charge in [0.15, 0.2) is 0 Å². The quantitative estimate of drug-likeness (QED) is 0.304. The Morgan fingerprint density at radius 3 is 2.64 bits per heavy atom. The van der Waals surface area contributed by atoms with Gasteiger partial charge in [0.2, 0.25) is 5.95 Å². The molecule has 0 fully saturated rings. The molecule has 6 nitrogen and oxygen atoms in total. The molecule has 0 bridgehead atoms. The summed E-state index contributed by atoms with van der Waals surface area (Å²) in [5.41, 5.74) is 2.60. The van der Waals surface area contributed by atoms with Gasteiger partial charge >= 0.3 is 6.36 Å². The average molecular weight is 474 g/mol. The Labute approximate surface area is 192 Å². The van der Waals surface area contributed by atoms with Crippen LogP contribution in [0, 0.1) is 6.92 Å². The lowest BCUT2D eigenvalue weighted by atomic mass is 10.1. The fraction of sp³-hybridized carbons (Fsp3) is 0.261. The van der Waals surface area contributed by atoms with Crippen LogP contribution < -0.4 is 15.4 Å². The van der Waals surface area contributed by atoms with Crippen molar-refractivity contribution in [3.05, 3.63) is 53.5 Å². The summed E-state index contributed by atoms with van der Waals surface area (Å²) in [6.07, 6.45) is -3.92. The third-order valence-corrected chi connectivity index (χ3v) is 5.80. The Kier molecular flexibility index (Phi) is 6.37. The first-order valence-electron chi connectivity index (χ1n) is 10.3. The molecule has 0 aliphatic rings. The number of aromatic nitrogens is 3. The number of rotatable bonds is 7. The van der Waals surface area contributed by atoms with Gasteiger partial charge in [-0.1, -0.05) is 19.1 Å². The molecule has 4 rings (SSSR count). The van der Waals surface area contributed by atoms with Gasteiger partial charge in [0.25, 0.3) is 0 Å². The van der Waals surface area contributed by atoms with E-state index >= 15 is 0 Å². The number of ether oxygens (including phenoxy) is 1. The van der Waals surface area contributed by atoms with Crippen molar-refractivity contribution in [2.75, 3.05) is 10.6 Å². The minimum absolute atomic E-state index is 0.113. The first-order chi connectivity index (χ1) is 15.7. The van der Waals surface area contributed by atoms with E-state index in [1.54, 1.807) is 23.5 Å². The van der Waals surface area contributed by atoms with E-state index in [4.69, 9.17) is 0 Å². The van der Waals surface area contributed by atoms with Crippen molar-refractivity contribution >= 4 is 39.0 Å². The van der Waals surface area contributed by atoms with Crippen LogP contribution in [0.25, 0.3) is 21.5 Å². The number of thiazole rings is 1. The number of benzene rings is 2. The lowest BCUT2D eigenvalue weighted by Gasteiger charge is -2.15. The van der Waals surface area contributed by atoms with Gasteiger partial charge in [-0.25, -0.2) is 9.97 Å². The SMILES string of the molecule is CC[C@@H](C)Nc1nc(Nc2ccc3sc(C)nc3c2)cc(-c2cccc(OC(F)(F)F)c2)n1. The van der Waals surface area contributed by atoms with Crippen molar-refractivity contribution in [2.24, 2.45) is 0 Å². The molecule has 0 amide bonds. The second kappa shape index (κ2) is 9.22. The van der Waals surface area contributed by atoms with Crippen molar-refractivity contribution in [3.8, 4) is 17.0 Å². The highest BCUT2D eigenvalue weighted by Crippen LogP contribution is 2.30. The van der Waals surface area contributed by atoms with Crippen LogP contribution in [-0.2, 0) is 0 Å². The van der Waals surface area contributed by atoms with Crippen LogP contribution in [0.15, 0.2) is 48.5 Å². The first kappa shape index (κ1) is 22.8. The second-order valence-electron chi connectivity index (χ2n) is 7.53. The van der Waals surface area contributed by atoms with Crippen LogP contribution in [0.2, 0.25) is 0 Å². The molecule has 0 aliphatic heterocycles. The van der Waals surface area contributed by atoms with E-state index in [9.17, 15) is 13.2 Å². The fourth-order valence-corrected chi connectivity index (χ4v) is 3.97. The third kappa shape index (κ3) is 5.89. The highest BCUT2D eigenvalue weighted by Gasteiger charge is 2.31. The predicted octanol–water partition coefficient (Wildman–Crippen LogP) is 6.91. The molecule has 172 valence electrons. The molecule has 33 heavy (non-hydrogen) atoms. The number of halogens is 3. The molecule has 2 heterocycles. The molecule has 10 heteroatoms. The van der Waals surface area contributed by atoms with Gasteiger partial charge in [-0.15, -0.1) is 24.5 Å². The van der Waals surface area contributed by atoms with E-state index in [-0.39, 0.29) is 11.8 Å². The van der Waals surface area contributed by atoms with Crippen LogP contribution in [0.3, 0.4) is 0 Å². The van der Waals surface area contributed by atoms with E-state index in [0.29, 0.717) is 23.0 Å². The summed E-state index contributed by atoms with van der Waals surface area (Å²) in [5.74, 6) is 0.560. The molecule has 0 aliphatic carbocycles. The third-order valence-electron chi connectivity index (χ3n) is 4.84. The maximum Gasteiger partial charge on any atom is 0.573 e. The van der Waals surface area contributed by atoms with Crippen LogP contribution >= 0.6 is 11.3 Å². The molecule has 0 saturated carbocycles. The number of nitrogens with zero attached hydrogens (tertiary/aromatic N) is 3. The maximum atomic E-state index is 12.7. The minimum atomic E-state index is -4.77. The van der Waals surface area contributed by atoms with Crippen LogP contribution in [-0.4, -0.2) is 27.4 Å². The Balaban J connectivity index is 1.70. The van der Waals surface area contributed by atoms with Crippen molar-refractivity contribution in [3.63, 3.8) is 0 Å². The van der Waals surface area contributed by atoms with Gasteiger partial charge in [0.1, 0.15) is 11.6 Å². The second-order valence-corrected chi connectivity index (χ2v) is 8.77. The fourth-order valence-electron chi connectivity index (χ4n) is 3.17. The van der Waals surface area contributed by atoms with E-state index < -0.39 is 6.36 Å². The monoisotopic (exact) mass is 473 g/mol. The molecule has 0 radical (unpaired) electrons. The van der Waals surface area contributed by atoms with E-state index in [1.807, 2.05) is 39.0 Å². The molecular weight excluding hydrogens is 451 g/mol.